The molecule has 0 atom stereocenters. The molecule has 0 unspecified atom stereocenters. The number of hydrogen-bond acceptors (Lipinski definition) is 6. The molecule has 0 saturated heterocycles. The van der Waals surface area contributed by atoms with Crippen LogP contribution in [0.1, 0.15) is 11.4 Å². The van der Waals surface area contributed by atoms with Crippen molar-refractivity contribution in [1.29, 1.82) is 0 Å². The smallest absolute Gasteiger partial charge is 0.207 e. The molecule has 2 aromatic rings. The molecule has 2 rings (SSSR count). The fraction of sp³-hybridized carbons (Fsp3) is 0.182. The van der Waals surface area contributed by atoms with Gasteiger partial charge in [-0.2, -0.15) is 4.37 Å². The van der Waals surface area contributed by atoms with Crippen molar-refractivity contribution >= 4 is 39.6 Å². The van der Waals surface area contributed by atoms with Crippen molar-refractivity contribution < 1.29 is 4.74 Å². The van der Waals surface area contributed by atoms with Gasteiger partial charge in [0.25, 0.3) is 0 Å². The molecule has 0 radical (unpaired) electrons. The van der Waals surface area contributed by atoms with E-state index in [0.717, 1.165) is 22.8 Å². The number of nitrogens with two attached hydrogens (primary N) is 1. The van der Waals surface area contributed by atoms with E-state index in [-0.39, 0.29) is 0 Å². The van der Waals surface area contributed by atoms with Gasteiger partial charge in [-0.1, -0.05) is 12.2 Å². The van der Waals surface area contributed by atoms with Crippen LogP contribution in [0.3, 0.4) is 0 Å². The number of hydrogen-bond donors (Lipinski definition) is 2. The van der Waals surface area contributed by atoms with Gasteiger partial charge in [0.05, 0.1) is 12.8 Å². The van der Waals surface area contributed by atoms with Gasteiger partial charge in [0.15, 0.2) is 0 Å². The molecule has 0 aliphatic rings. The monoisotopic (exact) mass is 280 g/mol. The van der Waals surface area contributed by atoms with E-state index in [0.29, 0.717) is 10.1 Å². The molecule has 0 bridgehead atoms. The first-order valence-electron chi connectivity index (χ1n) is 5.15. The van der Waals surface area contributed by atoms with E-state index in [1.54, 1.807) is 7.11 Å². The molecule has 5 nitrogen and oxygen atoms in total. The topological polar surface area (TPSA) is 73.1 Å². The number of aryl methyl sites for hydroxylation is 1. The van der Waals surface area contributed by atoms with Gasteiger partial charge in [0, 0.05) is 23.2 Å². The van der Waals surface area contributed by atoms with Gasteiger partial charge in [-0.15, -0.1) is 0 Å². The molecule has 1 aromatic carbocycles. The number of methoxy groups -OCH3 is 1. The molecule has 3 N–H and O–H groups in total. The van der Waals surface area contributed by atoms with Crippen LogP contribution in [0.4, 0.5) is 10.8 Å². The fourth-order valence-corrected chi connectivity index (χ4v) is 2.20. The Morgan fingerprint density at radius 3 is 2.83 bits per heavy atom. The molecule has 7 heteroatoms. The minimum Gasteiger partial charge on any atom is -0.497 e. The molecule has 0 aliphatic carbocycles. The van der Waals surface area contributed by atoms with E-state index in [9.17, 15) is 0 Å². The third-order valence-electron chi connectivity index (χ3n) is 2.26. The number of benzene rings is 1. The van der Waals surface area contributed by atoms with E-state index >= 15 is 0 Å². The molecule has 94 valence electrons. The Morgan fingerprint density at radius 2 is 2.28 bits per heavy atom. The maximum Gasteiger partial charge on any atom is 0.207 e. The van der Waals surface area contributed by atoms with Crippen LogP contribution >= 0.6 is 23.8 Å². The van der Waals surface area contributed by atoms with E-state index in [1.807, 2.05) is 25.1 Å². The third kappa shape index (κ3) is 2.74. The lowest BCUT2D eigenvalue weighted by Crippen LogP contribution is -2.12. The molecule has 0 saturated carbocycles. The van der Waals surface area contributed by atoms with Crippen molar-refractivity contribution in [2.24, 2.45) is 5.73 Å². The minimum atomic E-state index is 0.321. The summed E-state index contributed by atoms with van der Waals surface area (Å²) in [7, 11) is 1.61. The van der Waals surface area contributed by atoms with Gasteiger partial charge >= 0.3 is 0 Å². The number of thiocarbonyl (C=S) groups is 1. The Hall–Kier alpha value is -1.73. The summed E-state index contributed by atoms with van der Waals surface area (Å²) in [5.74, 6) is 1.45. The average molecular weight is 280 g/mol. The fourth-order valence-electron chi connectivity index (χ4n) is 1.43. The predicted octanol–water partition coefficient (Wildman–Crippen LogP) is 2.23. The summed E-state index contributed by atoms with van der Waals surface area (Å²) < 4.78 is 9.28. The second-order valence-electron chi connectivity index (χ2n) is 3.55. The second kappa shape index (κ2) is 5.28. The van der Waals surface area contributed by atoms with Crippen LogP contribution in [0.15, 0.2) is 18.2 Å². The van der Waals surface area contributed by atoms with Crippen LogP contribution in [-0.4, -0.2) is 21.5 Å². The van der Waals surface area contributed by atoms with Crippen LogP contribution in [0.5, 0.6) is 5.75 Å². The molecule has 0 fully saturated rings. The molecule has 0 spiro atoms. The van der Waals surface area contributed by atoms with Gasteiger partial charge in [-0.05, 0) is 19.1 Å². The van der Waals surface area contributed by atoms with Crippen LogP contribution in [0.25, 0.3) is 0 Å². The number of aromatic nitrogens is 2. The van der Waals surface area contributed by atoms with Crippen molar-refractivity contribution in [3.8, 4) is 5.75 Å². The summed E-state index contributed by atoms with van der Waals surface area (Å²) in [5.41, 5.74) is 7.19. The van der Waals surface area contributed by atoms with Crippen LogP contribution in [0.2, 0.25) is 0 Å². The normalized spacial score (nSPS) is 10.1. The van der Waals surface area contributed by atoms with Gasteiger partial charge in [-0.3, -0.25) is 0 Å². The number of ether oxygens (including phenoxy) is 1. The number of nitrogens with one attached hydrogen (secondary N) is 1. The molecule has 1 aromatic heterocycles. The molecule has 0 amide bonds. The number of nitrogens with zero attached hydrogens (tertiary/aromatic N) is 2. The highest BCUT2D eigenvalue weighted by Crippen LogP contribution is 2.26. The largest absolute Gasteiger partial charge is 0.497 e. The lowest BCUT2D eigenvalue weighted by atomic mass is 10.1. The minimum absolute atomic E-state index is 0.321. The summed E-state index contributed by atoms with van der Waals surface area (Å²) in [6.07, 6.45) is 0. The zero-order chi connectivity index (χ0) is 13.1. The maximum atomic E-state index is 5.68. The Balaban J connectivity index is 2.37. The van der Waals surface area contributed by atoms with E-state index < -0.39 is 0 Å². The van der Waals surface area contributed by atoms with Crippen molar-refractivity contribution in [2.45, 2.75) is 6.92 Å². The maximum absolute atomic E-state index is 5.68. The first kappa shape index (κ1) is 12.7. The first-order chi connectivity index (χ1) is 8.60. The molecular formula is C11H12N4OS2. The van der Waals surface area contributed by atoms with Crippen molar-refractivity contribution in [3.05, 3.63) is 29.6 Å². The van der Waals surface area contributed by atoms with Gasteiger partial charge < -0.3 is 15.8 Å². The highest BCUT2D eigenvalue weighted by atomic mass is 32.1. The zero-order valence-electron chi connectivity index (χ0n) is 9.93. The quantitative estimate of drug-likeness (QED) is 0.837. The van der Waals surface area contributed by atoms with Crippen LogP contribution < -0.4 is 15.8 Å². The first-order valence-corrected chi connectivity index (χ1v) is 6.33. The highest BCUT2D eigenvalue weighted by Gasteiger charge is 2.09. The summed E-state index contributed by atoms with van der Waals surface area (Å²) in [5, 5.41) is 3.84. The van der Waals surface area contributed by atoms with E-state index in [4.69, 9.17) is 22.7 Å². The zero-order valence-corrected chi connectivity index (χ0v) is 11.6. The van der Waals surface area contributed by atoms with Gasteiger partial charge in [0.2, 0.25) is 5.13 Å². The van der Waals surface area contributed by atoms with Crippen molar-refractivity contribution in [3.63, 3.8) is 0 Å². The van der Waals surface area contributed by atoms with Gasteiger partial charge in [-0.25, -0.2) is 4.98 Å². The van der Waals surface area contributed by atoms with Crippen molar-refractivity contribution in [2.75, 3.05) is 12.4 Å². The lowest BCUT2D eigenvalue weighted by molar-refractivity contribution is 0.415. The van der Waals surface area contributed by atoms with Crippen LogP contribution in [0, 0.1) is 6.92 Å². The summed E-state index contributed by atoms with van der Waals surface area (Å²) >= 11 is 6.30. The summed E-state index contributed by atoms with van der Waals surface area (Å²) in [4.78, 5) is 4.55. The van der Waals surface area contributed by atoms with Gasteiger partial charge in [0.1, 0.15) is 16.6 Å². The molecule has 1 heterocycles. The number of anilines is 2. The second-order valence-corrected chi connectivity index (χ2v) is 4.74. The lowest BCUT2D eigenvalue weighted by Gasteiger charge is -2.10. The Morgan fingerprint density at radius 1 is 1.50 bits per heavy atom. The van der Waals surface area contributed by atoms with E-state index in [1.165, 1.54) is 11.5 Å². The summed E-state index contributed by atoms with van der Waals surface area (Å²) in [6, 6.07) is 5.45. The third-order valence-corrected chi connectivity index (χ3v) is 3.20. The average Bonchev–Trinajstić information content (AvgIpc) is 2.74. The van der Waals surface area contributed by atoms with Crippen LogP contribution in [-0.2, 0) is 0 Å². The highest BCUT2D eigenvalue weighted by molar-refractivity contribution is 7.80. The number of rotatable bonds is 4. The Bertz CT molecular complexity index is 582. The Labute approximate surface area is 114 Å². The molecular weight excluding hydrogens is 268 g/mol. The molecule has 18 heavy (non-hydrogen) atoms. The predicted molar refractivity (Wildman–Crippen MR) is 76.8 cm³/mol. The molecule has 0 aliphatic heterocycles. The van der Waals surface area contributed by atoms with E-state index in [2.05, 4.69) is 14.7 Å². The van der Waals surface area contributed by atoms with Crippen molar-refractivity contribution in [1.82, 2.24) is 9.36 Å². The Kier molecular flexibility index (Phi) is 3.73. The summed E-state index contributed by atoms with van der Waals surface area (Å²) in [6.45, 7) is 1.84. The standard InChI is InChI=1S/C11H12N4OS2/c1-6-13-11(18-15-6)14-9-5-7(16-2)3-4-8(9)10(12)17/h3-5H,1-2H3,(H2,12,17)(H,13,14,15). The SMILES string of the molecule is COc1ccc(C(N)=S)c(Nc2nc(C)ns2)c1.